The lowest BCUT2D eigenvalue weighted by Crippen LogP contribution is -2.35. The van der Waals surface area contributed by atoms with Gasteiger partial charge in [0, 0.05) is 36.7 Å². The van der Waals surface area contributed by atoms with Gasteiger partial charge in [0.05, 0.1) is 29.2 Å². The van der Waals surface area contributed by atoms with E-state index in [4.69, 9.17) is 5.26 Å². The Hall–Kier alpha value is -4.22. The minimum atomic E-state index is -0.179. The molecule has 0 spiro atoms. The second-order valence-electron chi connectivity index (χ2n) is 8.01. The lowest BCUT2D eigenvalue weighted by Gasteiger charge is -2.21. The van der Waals surface area contributed by atoms with Crippen molar-refractivity contribution < 1.29 is 4.79 Å². The number of carbonyl (C=O) groups is 1. The lowest BCUT2D eigenvalue weighted by molar-refractivity contribution is 0.0963. The van der Waals surface area contributed by atoms with Crippen LogP contribution in [0.25, 0.3) is 11.3 Å². The zero-order valence-corrected chi connectivity index (χ0v) is 18.1. The molecule has 2 N–H and O–H groups in total. The van der Waals surface area contributed by atoms with Crippen molar-refractivity contribution in [3.05, 3.63) is 98.6 Å². The molecule has 2 aromatic heterocycles. The van der Waals surface area contributed by atoms with Gasteiger partial charge in [-0.3, -0.25) is 14.2 Å². The Morgan fingerprint density at radius 3 is 2.64 bits per heavy atom. The van der Waals surface area contributed by atoms with Gasteiger partial charge in [-0.2, -0.15) is 10.4 Å². The number of aromatic nitrogens is 3. The Balaban J connectivity index is 1.70. The summed E-state index contributed by atoms with van der Waals surface area (Å²) >= 11 is 0. The first-order valence-corrected chi connectivity index (χ1v) is 10.8. The molecule has 0 saturated carbocycles. The van der Waals surface area contributed by atoms with Crippen molar-refractivity contribution in [3.8, 4) is 11.8 Å². The highest BCUT2D eigenvalue weighted by Gasteiger charge is 2.23. The second kappa shape index (κ2) is 8.37. The topological polar surface area (TPSA) is 104 Å². The molecule has 164 valence electrons. The van der Waals surface area contributed by atoms with Gasteiger partial charge in [-0.15, -0.1) is 0 Å². The number of hydrogen-bond acceptors (Lipinski definition) is 5. The fourth-order valence-corrected chi connectivity index (χ4v) is 4.33. The summed E-state index contributed by atoms with van der Waals surface area (Å²) in [7, 11) is 1.59. The number of nitrogens with zero attached hydrogens (tertiary/aromatic N) is 4. The SMILES string of the molecule is CNC(=O)c1ccc(-n2c(=O)c3c(n4ncc(Cc5ccc(C#N)cc5)c24)CNCC3)cc1. The van der Waals surface area contributed by atoms with Crippen LogP contribution in [0.5, 0.6) is 0 Å². The molecule has 0 saturated heterocycles. The quantitative estimate of drug-likeness (QED) is 0.507. The van der Waals surface area contributed by atoms with E-state index >= 15 is 0 Å². The van der Waals surface area contributed by atoms with E-state index < -0.39 is 0 Å². The molecule has 5 rings (SSSR count). The predicted molar refractivity (Wildman–Crippen MR) is 124 cm³/mol. The summed E-state index contributed by atoms with van der Waals surface area (Å²) < 4.78 is 3.55. The Kier molecular flexibility index (Phi) is 5.24. The lowest BCUT2D eigenvalue weighted by atomic mass is 10.0. The van der Waals surface area contributed by atoms with Gasteiger partial charge >= 0.3 is 0 Å². The van der Waals surface area contributed by atoms with E-state index in [-0.39, 0.29) is 11.5 Å². The average molecular weight is 438 g/mol. The number of carbonyl (C=O) groups excluding carboxylic acids is 1. The molecule has 1 aliphatic heterocycles. The smallest absolute Gasteiger partial charge is 0.261 e. The van der Waals surface area contributed by atoms with Crippen molar-refractivity contribution in [2.75, 3.05) is 13.6 Å². The van der Waals surface area contributed by atoms with Crippen molar-refractivity contribution in [1.82, 2.24) is 24.8 Å². The third-order valence-corrected chi connectivity index (χ3v) is 6.03. The molecule has 0 atom stereocenters. The van der Waals surface area contributed by atoms with Gasteiger partial charge in [-0.25, -0.2) is 4.52 Å². The van der Waals surface area contributed by atoms with Crippen LogP contribution in [-0.4, -0.2) is 33.7 Å². The van der Waals surface area contributed by atoms with Gasteiger partial charge in [0.1, 0.15) is 5.65 Å². The zero-order chi connectivity index (χ0) is 22.9. The minimum Gasteiger partial charge on any atom is -0.355 e. The largest absolute Gasteiger partial charge is 0.355 e. The summed E-state index contributed by atoms with van der Waals surface area (Å²) in [5.74, 6) is -0.179. The van der Waals surface area contributed by atoms with E-state index in [1.807, 2.05) is 16.6 Å². The maximum absolute atomic E-state index is 13.7. The first-order valence-electron chi connectivity index (χ1n) is 10.8. The zero-order valence-electron chi connectivity index (χ0n) is 18.1. The summed E-state index contributed by atoms with van der Waals surface area (Å²) in [5.41, 5.74) is 6.02. The molecule has 4 aromatic rings. The van der Waals surface area contributed by atoms with Crippen LogP contribution >= 0.6 is 0 Å². The van der Waals surface area contributed by atoms with Crippen LogP contribution in [0.4, 0.5) is 0 Å². The highest BCUT2D eigenvalue weighted by molar-refractivity contribution is 5.94. The molecule has 3 heterocycles. The molecule has 33 heavy (non-hydrogen) atoms. The molecule has 0 radical (unpaired) electrons. The van der Waals surface area contributed by atoms with E-state index in [2.05, 4.69) is 21.8 Å². The fraction of sp³-hybridized carbons (Fsp3) is 0.200. The molecule has 0 unspecified atom stereocenters. The maximum atomic E-state index is 13.7. The van der Waals surface area contributed by atoms with Crippen LogP contribution < -0.4 is 16.2 Å². The molecule has 0 bridgehead atoms. The third-order valence-electron chi connectivity index (χ3n) is 6.03. The molecular weight excluding hydrogens is 416 g/mol. The van der Waals surface area contributed by atoms with Gasteiger partial charge < -0.3 is 10.6 Å². The van der Waals surface area contributed by atoms with E-state index in [9.17, 15) is 9.59 Å². The Labute approximate surface area is 190 Å². The maximum Gasteiger partial charge on any atom is 0.261 e. The summed E-state index contributed by atoms with van der Waals surface area (Å²) in [5, 5.41) is 19.7. The van der Waals surface area contributed by atoms with Crippen LogP contribution in [0.15, 0.2) is 59.5 Å². The molecule has 8 nitrogen and oxygen atoms in total. The monoisotopic (exact) mass is 438 g/mol. The van der Waals surface area contributed by atoms with E-state index in [0.29, 0.717) is 41.8 Å². The fourth-order valence-electron chi connectivity index (χ4n) is 4.33. The third kappa shape index (κ3) is 3.58. The highest BCUT2D eigenvalue weighted by atomic mass is 16.1. The number of rotatable bonds is 4. The summed E-state index contributed by atoms with van der Waals surface area (Å²) in [6.07, 6.45) is 3.00. The van der Waals surface area contributed by atoms with Crippen molar-refractivity contribution in [3.63, 3.8) is 0 Å². The van der Waals surface area contributed by atoms with Gasteiger partial charge in [-0.05, 0) is 54.9 Å². The van der Waals surface area contributed by atoms with Gasteiger partial charge in [0.15, 0.2) is 0 Å². The van der Waals surface area contributed by atoms with Crippen LogP contribution in [0.2, 0.25) is 0 Å². The minimum absolute atomic E-state index is 0.0618. The molecule has 2 aromatic carbocycles. The Morgan fingerprint density at radius 1 is 1.18 bits per heavy atom. The van der Waals surface area contributed by atoms with Crippen LogP contribution in [0.1, 0.15) is 38.3 Å². The van der Waals surface area contributed by atoms with Crippen molar-refractivity contribution in [2.45, 2.75) is 19.4 Å². The van der Waals surface area contributed by atoms with Crippen molar-refractivity contribution >= 4 is 11.6 Å². The normalized spacial score (nSPS) is 12.8. The van der Waals surface area contributed by atoms with Gasteiger partial charge in [0.25, 0.3) is 11.5 Å². The number of amides is 1. The average Bonchev–Trinajstić information content (AvgIpc) is 3.28. The number of nitriles is 1. The van der Waals surface area contributed by atoms with Gasteiger partial charge in [-0.1, -0.05) is 12.1 Å². The standard InChI is InChI=1S/C25H22N6O2/c1-27-23(32)18-6-8-20(9-7-18)30-24-19(12-16-2-4-17(13-26)5-3-16)14-29-31(24)22-15-28-11-10-21(22)25(30)33/h2-9,14,28H,10-12,15H2,1H3,(H,27,32). The van der Waals surface area contributed by atoms with Gasteiger partial charge in [0.2, 0.25) is 0 Å². The second-order valence-corrected chi connectivity index (χ2v) is 8.01. The molecule has 0 aliphatic carbocycles. The summed E-state index contributed by atoms with van der Waals surface area (Å²) in [4.78, 5) is 25.6. The van der Waals surface area contributed by atoms with Crippen molar-refractivity contribution in [2.24, 2.45) is 0 Å². The molecular formula is C25H22N6O2. The molecule has 1 amide bonds. The Bertz CT molecular complexity index is 1460. The van der Waals surface area contributed by atoms with Crippen LogP contribution in [0.3, 0.4) is 0 Å². The number of hydrogen-bond donors (Lipinski definition) is 2. The van der Waals surface area contributed by atoms with Crippen LogP contribution in [0, 0.1) is 11.3 Å². The molecule has 8 heteroatoms. The molecule has 0 fully saturated rings. The first kappa shape index (κ1) is 20.7. The predicted octanol–water partition coefficient (Wildman–Crippen LogP) is 1.95. The van der Waals surface area contributed by atoms with Crippen LogP contribution in [-0.2, 0) is 19.4 Å². The van der Waals surface area contributed by atoms with Crippen molar-refractivity contribution in [1.29, 1.82) is 5.26 Å². The number of fused-ring (bicyclic) bond motifs is 3. The van der Waals surface area contributed by atoms with E-state index in [0.717, 1.165) is 28.9 Å². The Morgan fingerprint density at radius 2 is 1.94 bits per heavy atom. The van der Waals surface area contributed by atoms with E-state index in [1.165, 1.54) is 0 Å². The number of benzene rings is 2. The highest BCUT2D eigenvalue weighted by Crippen LogP contribution is 2.22. The molecule has 1 aliphatic rings. The van der Waals surface area contributed by atoms with E-state index in [1.54, 1.807) is 54.2 Å². The number of nitrogens with one attached hydrogen (secondary N) is 2. The first-order chi connectivity index (χ1) is 16.1. The summed E-state index contributed by atoms with van der Waals surface area (Å²) in [6.45, 7) is 1.32. The summed E-state index contributed by atoms with van der Waals surface area (Å²) in [6, 6.07) is 16.6.